The van der Waals surface area contributed by atoms with Gasteiger partial charge in [0.15, 0.2) is 0 Å². The van der Waals surface area contributed by atoms with Crippen LogP contribution < -0.4 is 10.6 Å². The van der Waals surface area contributed by atoms with Gasteiger partial charge in [0.1, 0.15) is 0 Å². The normalized spacial score (nSPS) is 10.8. The molecule has 20 heavy (non-hydrogen) atoms. The van der Waals surface area contributed by atoms with Gasteiger partial charge in [-0.25, -0.2) is 0 Å². The summed E-state index contributed by atoms with van der Waals surface area (Å²) in [6.07, 6.45) is 0. The van der Waals surface area contributed by atoms with Crippen LogP contribution in [0.15, 0.2) is 48.5 Å². The SMILES string of the molecule is CNc1ccc(CNCc2ccc(C(C)C)cc2)cc1. The number of anilines is 1. The number of nitrogens with one attached hydrogen (secondary N) is 2. The average Bonchev–Trinajstić information content (AvgIpc) is 2.48. The molecule has 0 bridgehead atoms. The van der Waals surface area contributed by atoms with Crippen molar-refractivity contribution in [2.75, 3.05) is 12.4 Å². The van der Waals surface area contributed by atoms with E-state index in [-0.39, 0.29) is 0 Å². The predicted octanol–water partition coefficient (Wildman–Crippen LogP) is 4.14. The van der Waals surface area contributed by atoms with Crippen molar-refractivity contribution in [3.8, 4) is 0 Å². The molecular formula is C18H24N2. The summed E-state index contributed by atoms with van der Waals surface area (Å²) in [5, 5.41) is 6.61. The topological polar surface area (TPSA) is 24.1 Å². The Morgan fingerprint density at radius 2 is 1.30 bits per heavy atom. The van der Waals surface area contributed by atoms with Crippen LogP contribution in [-0.4, -0.2) is 7.05 Å². The zero-order chi connectivity index (χ0) is 14.4. The molecule has 0 heterocycles. The minimum atomic E-state index is 0.600. The second-order valence-corrected chi connectivity index (χ2v) is 5.45. The molecule has 0 fully saturated rings. The Hall–Kier alpha value is -1.80. The average molecular weight is 268 g/mol. The lowest BCUT2D eigenvalue weighted by molar-refractivity contribution is 0.693. The van der Waals surface area contributed by atoms with Crippen molar-refractivity contribution in [2.45, 2.75) is 32.9 Å². The largest absolute Gasteiger partial charge is 0.388 e. The molecule has 0 aliphatic heterocycles. The molecule has 0 unspecified atom stereocenters. The van der Waals surface area contributed by atoms with Crippen molar-refractivity contribution in [3.63, 3.8) is 0 Å². The van der Waals surface area contributed by atoms with E-state index >= 15 is 0 Å². The van der Waals surface area contributed by atoms with Crippen LogP contribution in [0, 0.1) is 0 Å². The quantitative estimate of drug-likeness (QED) is 0.822. The monoisotopic (exact) mass is 268 g/mol. The van der Waals surface area contributed by atoms with Crippen LogP contribution in [0.1, 0.15) is 36.5 Å². The van der Waals surface area contributed by atoms with Gasteiger partial charge in [0, 0.05) is 25.8 Å². The van der Waals surface area contributed by atoms with Crippen LogP contribution in [0.5, 0.6) is 0 Å². The van der Waals surface area contributed by atoms with Crippen LogP contribution in [-0.2, 0) is 13.1 Å². The number of hydrogen-bond acceptors (Lipinski definition) is 2. The summed E-state index contributed by atoms with van der Waals surface area (Å²) in [6, 6.07) is 17.4. The fourth-order valence-electron chi connectivity index (χ4n) is 2.16. The summed E-state index contributed by atoms with van der Waals surface area (Å²) in [5.74, 6) is 0.600. The van der Waals surface area contributed by atoms with E-state index in [0.717, 1.165) is 18.8 Å². The molecule has 0 amide bonds. The highest BCUT2D eigenvalue weighted by Crippen LogP contribution is 2.14. The van der Waals surface area contributed by atoms with E-state index < -0.39 is 0 Å². The molecule has 0 aliphatic rings. The third-order valence-electron chi connectivity index (χ3n) is 3.55. The molecule has 106 valence electrons. The molecule has 0 saturated heterocycles. The Morgan fingerprint density at radius 3 is 1.75 bits per heavy atom. The van der Waals surface area contributed by atoms with E-state index in [1.165, 1.54) is 16.7 Å². The third kappa shape index (κ3) is 4.10. The Bertz CT molecular complexity index is 512. The Balaban J connectivity index is 1.82. The van der Waals surface area contributed by atoms with E-state index in [0.29, 0.717) is 5.92 Å². The zero-order valence-electron chi connectivity index (χ0n) is 12.6. The Morgan fingerprint density at radius 1 is 0.800 bits per heavy atom. The fourth-order valence-corrected chi connectivity index (χ4v) is 2.16. The molecule has 2 heteroatoms. The maximum absolute atomic E-state index is 3.48. The van der Waals surface area contributed by atoms with Gasteiger partial charge in [-0.15, -0.1) is 0 Å². The van der Waals surface area contributed by atoms with Crippen molar-refractivity contribution < 1.29 is 0 Å². The molecule has 0 aliphatic carbocycles. The first kappa shape index (κ1) is 14.6. The smallest absolute Gasteiger partial charge is 0.0337 e. The van der Waals surface area contributed by atoms with Crippen molar-refractivity contribution in [1.82, 2.24) is 5.32 Å². The zero-order valence-corrected chi connectivity index (χ0v) is 12.6. The molecule has 0 aromatic heterocycles. The summed E-state index contributed by atoms with van der Waals surface area (Å²) in [5.41, 5.74) is 5.19. The molecule has 2 nitrogen and oxygen atoms in total. The summed E-state index contributed by atoms with van der Waals surface area (Å²) >= 11 is 0. The first-order chi connectivity index (χ1) is 9.69. The van der Waals surface area contributed by atoms with Crippen molar-refractivity contribution in [3.05, 3.63) is 65.2 Å². The Labute approximate surface area is 122 Å². The molecular weight excluding hydrogens is 244 g/mol. The lowest BCUT2D eigenvalue weighted by Gasteiger charge is -2.09. The lowest BCUT2D eigenvalue weighted by Crippen LogP contribution is -2.12. The highest BCUT2D eigenvalue weighted by atomic mass is 14.8. The number of rotatable bonds is 6. The maximum Gasteiger partial charge on any atom is 0.0337 e. The molecule has 2 N–H and O–H groups in total. The van der Waals surface area contributed by atoms with E-state index in [1.54, 1.807) is 0 Å². The van der Waals surface area contributed by atoms with E-state index in [1.807, 2.05) is 7.05 Å². The van der Waals surface area contributed by atoms with Gasteiger partial charge in [-0.2, -0.15) is 0 Å². The second kappa shape index (κ2) is 7.11. The van der Waals surface area contributed by atoms with Crippen LogP contribution >= 0.6 is 0 Å². The minimum absolute atomic E-state index is 0.600. The van der Waals surface area contributed by atoms with Gasteiger partial charge in [0.05, 0.1) is 0 Å². The van der Waals surface area contributed by atoms with E-state index in [4.69, 9.17) is 0 Å². The van der Waals surface area contributed by atoms with Crippen molar-refractivity contribution in [2.24, 2.45) is 0 Å². The van der Waals surface area contributed by atoms with Crippen LogP contribution in [0.25, 0.3) is 0 Å². The van der Waals surface area contributed by atoms with Crippen LogP contribution in [0.4, 0.5) is 5.69 Å². The van der Waals surface area contributed by atoms with Crippen LogP contribution in [0.2, 0.25) is 0 Å². The highest BCUT2D eigenvalue weighted by Gasteiger charge is 1.99. The first-order valence-corrected chi connectivity index (χ1v) is 7.25. The van der Waals surface area contributed by atoms with E-state index in [2.05, 4.69) is 73.0 Å². The summed E-state index contributed by atoms with van der Waals surface area (Å²) in [4.78, 5) is 0. The number of benzene rings is 2. The van der Waals surface area contributed by atoms with Gasteiger partial charge in [0.2, 0.25) is 0 Å². The molecule has 0 atom stereocenters. The van der Waals surface area contributed by atoms with Gasteiger partial charge in [-0.3, -0.25) is 0 Å². The first-order valence-electron chi connectivity index (χ1n) is 7.25. The highest BCUT2D eigenvalue weighted by molar-refractivity contribution is 5.43. The molecule has 2 aromatic carbocycles. The lowest BCUT2D eigenvalue weighted by atomic mass is 10.0. The summed E-state index contributed by atoms with van der Waals surface area (Å²) in [7, 11) is 1.94. The van der Waals surface area contributed by atoms with Gasteiger partial charge in [-0.1, -0.05) is 50.2 Å². The molecule has 0 spiro atoms. The van der Waals surface area contributed by atoms with Gasteiger partial charge in [0.25, 0.3) is 0 Å². The van der Waals surface area contributed by atoms with Gasteiger partial charge >= 0.3 is 0 Å². The van der Waals surface area contributed by atoms with Crippen molar-refractivity contribution in [1.29, 1.82) is 0 Å². The fraction of sp³-hybridized carbons (Fsp3) is 0.333. The van der Waals surface area contributed by atoms with Gasteiger partial charge < -0.3 is 10.6 Å². The molecule has 0 saturated carbocycles. The van der Waals surface area contributed by atoms with Crippen molar-refractivity contribution >= 4 is 5.69 Å². The second-order valence-electron chi connectivity index (χ2n) is 5.45. The van der Waals surface area contributed by atoms with E-state index in [9.17, 15) is 0 Å². The third-order valence-corrected chi connectivity index (χ3v) is 3.55. The predicted molar refractivity (Wildman–Crippen MR) is 87.1 cm³/mol. The summed E-state index contributed by atoms with van der Waals surface area (Å²) < 4.78 is 0. The molecule has 2 aromatic rings. The minimum Gasteiger partial charge on any atom is -0.388 e. The molecule has 0 radical (unpaired) electrons. The number of hydrogen-bond donors (Lipinski definition) is 2. The summed E-state index contributed by atoms with van der Waals surface area (Å²) in [6.45, 7) is 6.26. The molecule has 2 rings (SSSR count). The van der Waals surface area contributed by atoms with Gasteiger partial charge in [-0.05, 0) is 34.7 Å². The Kier molecular flexibility index (Phi) is 5.19. The standard InChI is InChI=1S/C18H24N2/c1-14(2)17-8-4-15(5-9-17)12-20-13-16-6-10-18(19-3)11-7-16/h4-11,14,19-20H,12-13H2,1-3H3. The maximum atomic E-state index is 3.48. The van der Waals surface area contributed by atoms with Crippen LogP contribution in [0.3, 0.4) is 0 Å².